The number of likely N-dealkylation sites (tertiary alicyclic amines) is 1. The molecule has 1 aliphatic rings. The van der Waals surface area contributed by atoms with Crippen molar-refractivity contribution < 1.29 is 9.53 Å². The first-order valence-corrected chi connectivity index (χ1v) is 10.0. The molecule has 0 aromatic heterocycles. The van der Waals surface area contributed by atoms with Crippen molar-refractivity contribution in [2.75, 3.05) is 31.3 Å². The number of nitrogens with zero attached hydrogens (tertiary/aromatic N) is 1. The summed E-state index contributed by atoms with van der Waals surface area (Å²) in [6, 6.07) is 16.1. The molecular formula is C21H26N2O2S. The van der Waals surface area contributed by atoms with Crippen molar-refractivity contribution in [2.24, 2.45) is 5.92 Å². The Morgan fingerprint density at radius 2 is 1.85 bits per heavy atom. The fourth-order valence-corrected chi connectivity index (χ4v) is 4.19. The van der Waals surface area contributed by atoms with Crippen molar-refractivity contribution in [2.45, 2.75) is 24.7 Å². The van der Waals surface area contributed by atoms with E-state index >= 15 is 0 Å². The molecule has 1 heterocycles. The molecule has 0 bridgehead atoms. The molecule has 0 atom stereocenters. The van der Waals surface area contributed by atoms with Crippen molar-refractivity contribution in [3.8, 4) is 5.75 Å². The summed E-state index contributed by atoms with van der Waals surface area (Å²) in [6.45, 7) is 3.66. The average Bonchev–Trinajstić information content (AvgIpc) is 2.69. The average molecular weight is 371 g/mol. The number of ether oxygens (including phenoxy) is 1. The highest BCUT2D eigenvalue weighted by Gasteiger charge is 2.23. The molecule has 0 saturated carbocycles. The highest BCUT2D eigenvalue weighted by Crippen LogP contribution is 2.28. The Balaban J connectivity index is 1.43. The highest BCUT2D eigenvalue weighted by molar-refractivity contribution is 7.99. The predicted octanol–water partition coefficient (Wildman–Crippen LogP) is 5.04. The molecule has 2 aromatic carbocycles. The number of methoxy groups -OCH3 is 1. The van der Waals surface area contributed by atoms with Crippen LogP contribution < -0.4 is 10.1 Å². The van der Waals surface area contributed by atoms with E-state index < -0.39 is 0 Å². The van der Waals surface area contributed by atoms with Gasteiger partial charge in [-0.1, -0.05) is 18.2 Å². The molecule has 0 unspecified atom stereocenters. The maximum Gasteiger partial charge on any atom is 0.321 e. The van der Waals surface area contributed by atoms with Gasteiger partial charge < -0.3 is 15.0 Å². The molecule has 1 N–H and O–H groups in total. The molecular weight excluding hydrogens is 344 g/mol. The van der Waals surface area contributed by atoms with Crippen LogP contribution in [0.5, 0.6) is 5.75 Å². The van der Waals surface area contributed by atoms with E-state index in [2.05, 4.69) is 17.4 Å². The Kier molecular flexibility index (Phi) is 6.45. The van der Waals surface area contributed by atoms with E-state index in [1.807, 2.05) is 60.0 Å². The van der Waals surface area contributed by atoms with Gasteiger partial charge in [-0.2, -0.15) is 0 Å². The van der Waals surface area contributed by atoms with Crippen LogP contribution in [0.3, 0.4) is 0 Å². The third-order valence-electron chi connectivity index (χ3n) is 4.83. The van der Waals surface area contributed by atoms with Gasteiger partial charge in [-0.15, -0.1) is 11.8 Å². The van der Waals surface area contributed by atoms with Crippen LogP contribution in [0.1, 0.15) is 18.4 Å². The van der Waals surface area contributed by atoms with Crippen molar-refractivity contribution >= 4 is 23.5 Å². The summed E-state index contributed by atoms with van der Waals surface area (Å²) in [5.41, 5.74) is 1.99. The third-order valence-corrected chi connectivity index (χ3v) is 6.08. The van der Waals surface area contributed by atoms with Gasteiger partial charge >= 0.3 is 6.03 Å². The lowest BCUT2D eigenvalue weighted by Crippen LogP contribution is -2.41. The highest BCUT2D eigenvalue weighted by atomic mass is 32.2. The van der Waals surface area contributed by atoms with Crippen molar-refractivity contribution in [1.82, 2.24) is 4.90 Å². The second kappa shape index (κ2) is 8.99. The molecule has 2 amide bonds. The largest absolute Gasteiger partial charge is 0.497 e. The summed E-state index contributed by atoms with van der Waals surface area (Å²) in [6.07, 6.45) is 2.12. The van der Waals surface area contributed by atoms with Crippen LogP contribution in [0.2, 0.25) is 0 Å². The molecule has 0 radical (unpaired) electrons. The fourth-order valence-electron chi connectivity index (χ4n) is 3.10. The zero-order chi connectivity index (χ0) is 18.4. The molecule has 2 aromatic rings. The lowest BCUT2D eigenvalue weighted by molar-refractivity contribution is 0.187. The standard InChI is InChI=1S/C21H26N2O2S/c1-16-5-3-4-6-20(16)22-21(24)23-13-11-17(12-14-23)15-26-19-9-7-18(25-2)8-10-19/h3-10,17H,11-15H2,1-2H3,(H,22,24). The van der Waals surface area contributed by atoms with E-state index in [1.165, 1.54) is 4.90 Å². The van der Waals surface area contributed by atoms with Crippen LogP contribution in [0.25, 0.3) is 0 Å². The number of carbonyl (C=O) groups excluding carboxylic acids is 1. The van der Waals surface area contributed by atoms with Gasteiger partial charge in [0.2, 0.25) is 0 Å². The SMILES string of the molecule is COc1ccc(SCC2CCN(C(=O)Nc3ccccc3C)CC2)cc1. The minimum Gasteiger partial charge on any atom is -0.497 e. The molecule has 4 nitrogen and oxygen atoms in total. The Hall–Kier alpha value is -2.14. The number of hydrogen-bond donors (Lipinski definition) is 1. The van der Waals surface area contributed by atoms with Gasteiger partial charge in [0.05, 0.1) is 7.11 Å². The van der Waals surface area contributed by atoms with Gasteiger partial charge in [-0.3, -0.25) is 0 Å². The first-order chi connectivity index (χ1) is 12.7. The van der Waals surface area contributed by atoms with Crippen LogP contribution >= 0.6 is 11.8 Å². The zero-order valence-corrected chi connectivity index (χ0v) is 16.2. The molecule has 1 aliphatic heterocycles. The third kappa shape index (κ3) is 4.94. The lowest BCUT2D eigenvalue weighted by atomic mass is 9.99. The van der Waals surface area contributed by atoms with Crippen LogP contribution in [0.15, 0.2) is 53.4 Å². The number of urea groups is 1. The van der Waals surface area contributed by atoms with Crippen molar-refractivity contribution in [3.63, 3.8) is 0 Å². The number of aryl methyl sites for hydroxylation is 1. The van der Waals surface area contributed by atoms with Crippen LogP contribution in [0.4, 0.5) is 10.5 Å². The van der Waals surface area contributed by atoms with Crippen molar-refractivity contribution in [3.05, 3.63) is 54.1 Å². The number of carbonyl (C=O) groups is 1. The number of para-hydroxylation sites is 1. The molecule has 1 fully saturated rings. The number of nitrogens with one attached hydrogen (secondary N) is 1. The number of hydrogen-bond acceptors (Lipinski definition) is 3. The molecule has 0 aliphatic carbocycles. The van der Waals surface area contributed by atoms with E-state index in [9.17, 15) is 4.79 Å². The molecule has 138 valence electrons. The first kappa shape index (κ1) is 18.6. The number of rotatable bonds is 5. The number of amides is 2. The van der Waals surface area contributed by atoms with Gasteiger partial charge in [-0.05, 0) is 61.6 Å². The van der Waals surface area contributed by atoms with Crippen LogP contribution in [-0.4, -0.2) is 36.9 Å². The van der Waals surface area contributed by atoms with E-state index in [0.717, 1.165) is 48.7 Å². The van der Waals surface area contributed by atoms with E-state index in [4.69, 9.17) is 4.74 Å². The summed E-state index contributed by atoms with van der Waals surface area (Å²) in [4.78, 5) is 15.7. The zero-order valence-electron chi connectivity index (χ0n) is 15.4. The number of benzene rings is 2. The molecule has 26 heavy (non-hydrogen) atoms. The first-order valence-electron chi connectivity index (χ1n) is 9.04. The second-order valence-electron chi connectivity index (χ2n) is 6.66. The molecule has 5 heteroatoms. The summed E-state index contributed by atoms with van der Waals surface area (Å²) in [5.74, 6) is 2.64. The van der Waals surface area contributed by atoms with Gasteiger partial charge in [-0.25, -0.2) is 4.79 Å². The predicted molar refractivity (Wildman–Crippen MR) is 108 cm³/mol. The molecule has 1 saturated heterocycles. The Labute approximate surface area is 159 Å². The number of anilines is 1. The Bertz CT molecular complexity index is 725. The lowest BCUT2D eigenvalue weighted by Gasteiger charge is -2.32. The van der Waals surface area contributed by atoms with E-state index in [0.29, 0.717) is 5.92 Å². The summed E-state index contributed by atoms with van der Waals surface area (Å²) >= 11 is 1.89. The van der Waals surface area contributed by atoms with Crippen molar-refractivity contribution in [1.29, 1.82) is 0 Å². The van der Waals surface area contributed by atoms with E-state index in [-0.39, 0.29) is 6.03 Å². The molecule has 3 rings (SSSR count). The topological polar surface area (TPSA) is 41.6 Å². The van der Waals surface area contributed by atoms with Gasteiger partial charge in [0.25, 0.3) is 0 Å². The number of piperidine rings is 1. The summed E-state index contributed by atoms with van der Waals surface area (Å²) in [5, 5.41) is 3.03. The van der Waals surface area contributed by atoms with Gasteiger partial charge in [0.15, 0.2) is 0 Å². The van der Waals surface area contributed by atoms with E-state index in [1.54, 1.807) is 7.11 Å². The monoisotopic (exact) mass is 370 g/mol. The Morgan fingerprint density at radius 1 is 1.15 bits per heavy atom. The summed E-state index contributed by atoms with van der Waals surface area (Å²) in [7, 11) is 1.69. The maximum absolute atomic E-state index is 12.5. The number of thioether (sulfide) groups is 1. The quantitative estimate of drug-likeness (QED) is 0.750. The molecule has 0 spiro atoms. The normalized spacial score (nSPS) is 14.9. The Morgan fingerprint density at radius 3 is 2.50 bits per heavy atom. The van der Waals surface area contributed by atoms with Gasteiger partial charge in [0, 0.05) is 29.4 Å². The minimum absolute atomic E-state index is 0.0144. The maximum atomic E-state index is 12.5. The fraction of sp³-hybridized carbons (Fsp3) is 0.381. The second-order valence-corrected chi connectivity index (χ2v) is 7.76. The van der Waals surface area contributed by atoms with Crippen LogP contribution in [-0.2, 0) is 0 Å². The minimum atomic E-state index is 0.0144. The van der Waals surface area contributed by atoms with Crippen LogP contribution in [0, 0.1) is 12.8 Å². The smallest absolute Gasteiger partial charge is 0.321 e. The summed E-state index contributed by atoms with van der Waals surface area (Å²) < 4.78 is 5.20. The van der Waals surface area contributed by atoms with Gasteiger partial charge in [0.1, 0.15) is 5.75 Å².